The highest BCUT2D eigenvalue weighted by Gasteiger charge is 2.11. The maximum atomic E-state index is 11.4. The zero-order chi connectivity index (χ0) is 16.4. The number of rotatable bonds is 4. The first-order valence-electron chi connectivity index (χ1n) is 7.23. The Bertz CT molecular complexity index is 941. The molecular formula is C16H16ClN5O. The SMILES string of the molecule is CCn1c(C)c(/C=N\Nc2cn[nH]c(=O)c2Cl)c2ccccc21. The molecule has 1 aromatic carbocycles. The van der Waals surface area contributed by atoms with Crippen LogP contribution in [-0.2, 0) is 6.54 Å². The minimum Gasteiger partial charge on any atom is -0.344 e. The van der Waals surface area contributed by atoms with E-state index < -0.39 is 5.56 Å². The lowest BCUT2D eigenvalue weighted by Gasteiger charge is -2.03. The molecule has 0 saturated heterocycles. The molecule has 23 heavy (non-hydrogen) atoms. The molecule has 0 radical (unpaired) electrons. The number of para-hydroxylation sites is 1. The number of nitrogens with one attached hydrogen (secondary N) is 2. The lowest BCUT2D eigenvalue weighted by Crippen LogP contribution is -2.10. The van der Waals surface area contributed by atoms with Crippen LogP contribution >= 0.6 is 11.6 Å². The summed E-state index contributed by atoms with van der Waals surface area (Å²) in [7, 11) is 0. The summed E-state index contributed by atoms with van der Waals surface area (Å²) in [6.45, 7) is 5.06. The maximum absolute atomic E-state index is 11.4. The number of halogens is 1. The van der Waals surface area contributed by atoms with E-state index in [1.165, 1.54) is 11.7 Å². The summed E-state index contributed by atoms with van der Waals surface area (Å²) < 4.78 is 2.23. The fourth-order valence-corrected chi connectivity index (χ4v) is 2.79. The third kappa shape index (κ3) is 2.73. The Morgan fingerprint density at radius 1 is 1.43 bits per heavy atom. The standard InChI is InChI=1S/C16H16ClN5O/c1-3-22-10(2)12(11-6-4-5-7-14(11)22)8-18-20-13-9-19-21-16(23)15(13)17/h4-9H,3H2,1-2H3,(H2,20,21,23)/b18-8-. The van der Waals surface area contributed by atoms with Crippen molar-refractivity contribution in [3.8, 4) is 0 Å². The van der Waals surface area contributed by atoms with Crippen molar-refractivity contribution in [2.75, 3.05) is 5.43 Å². The number of aromatic nitrogens is 3. The third-order valence-electron chi connectivity index (χ3n) is 3.77. The van der Waals surface area contributed by atoms with E-state index in [0.29, 0.717) is 5.69 Å². The van der Waals surface area contributed by atoms with Gasteiger partial charge in [-0.1, -0.05) is 29.8 Å². The molecule has 2 heterocycles. The first-order valence-corrected chi connectivity index (χ1v) is 7.61. The molecular weight excluding hydrogens is 314 g/mol. The Morgan fingerprint density at radius 2 is 2.22 bits per heavy atom. The van der Waals surface area contributed by atoms with Gasteiger partial charge in [0.25, 0.3) is 5.56 Å². The van der Waals surface area contributed by atoms with Crippen LogP contribution in [0, 0.1) is 6.92 Å². The molecule has 0 spiro atoms. The zero-order valence-corrected chi connectivity index (χ0v) is 13.6. The first-order chi connectivity index (χ1) is 11.1. The molecule has 0 aliphatic carbocycles. The predicted molar refractivity (Wildman–Crippen MR) is 93.4 cm³/mol. The normalized spacial score (nSPS) is 11.4. The van der Waals surface area contributed by atoms with Gasteiger partial charge in [-0.15, -0.1) is 0 Å². The number of fused-ring (bicyclic) bond motifs is 1. The number of hydrogen-bond donors (Lipinski definition) is 2. The highest BCUT2D eigenvalue weighted by molar-refractivity contribution is 6.32. The summed E-state index contributed by atoms with van der Waals surface area (Å²) in [6, 6.07) is 8.19. The summed E-state index contributed by atoms with van der Waals surface area (Å²) in [5.41, 5.74) is 6.01. The van der Waals surface area contributed by atoms with Crippen molar-refractivity contribution < 1.29 is 0 Å². The van der Waals surface area contributed by atoms with Crippen molar-refractivity contribution in [2.45, 2.75) is 20.4 Å². The van der Waals surface area contributed by atoms with Crippen molar-refractivity contribution in [3.63, 3.8) is 0 Å². The average Bonchev–Trinajstić information content (AvgIpc) is 2.83. The summed E-state index contributed by atoms with van der Waals surface area (Å²) in [6.07, 6.45) is 3.16. The van der Waals surface area contributed by atoms with Crippen LogP contribution in [-0.4, -0.2) is 21.0 Å². The Balaban J connectivity index is 1.97. The van der Waals surface area contributed by atoms with E-state index in [1.54, 1.807) is 6.21 Å². The molecule has 6 nitrogen and oxygen atoms in total. The minimum atomic E-state index is -0.453. The van der Waals surface area contributed by atoms with Gasteiger partial charge in [0.2, 0.25) is 0 Å². The smallest absolute Gasteiger partial charge is 0.285 e. The molecule has 2 N–H and O–H groups in total. The van der Waals surface area contributed by atoms with Crippen LogP contribution < -0.4 is 11.0 Å². The van der Waals surface area contributed by atoms with Gasteiger partial charge in [-0.05, 0) is 19.9 Å². The topological polar surface area (TPSA) is 75.1 Å². The van der Waals surface area contributed by atoms with Crippen LogP contribution in [0.25, 0.3) is 10.9 Å². The summed E-state index contributed by atoms with van der Waals surface area (Å²) in [5.74, 6) is 0. The summed E-state index contributed by atoms with van der Waals surface area (Å²) >= 11 is 5.90. The molecule has 118 valence electrons. The van der Waals surface area contributed by atoms with E-state index in [1.807, 2.05) is 12.1 Å². The van der Waals surface area contributed by atoms with E-state index in [2.05, 4.69) is 51.3 Å². The molecule has 0 unspecified atom stereocenters. The second-order valence-corrected chi connectivity index (χ2v) is 5.44. The molecule has 2 aromatic heterocycles. The van der Waals surface area contributed by atoms with Gasteiger partial charge >= 0.3 is 0 Å². The van der Waals surface area contributed by atoms with Crippen LogP contribution in [0.1, 0.15) is 18.2 Å². The fraction of sp³-hybridized carbons (Fsp3) is 0.188. The second-order valence-electron chi connectivity index (χ2n) is 5.06. The first kappa shape index (κ1) is 15.3. The van der Waals surface area contributed by atoms with Crippen LogP contribution in [0.15, 0.2) is 40.4 Å². The molecule has 0 aliphatic rings. The number of hydrazone groups is 1. The monoisotopic (exact) mass is 329 g/mol. The molecule has 7 heteroatoms. The number of aromatic amines is 1. The zero-order valence-electron chi connectivity index (χ0n) is 12.8. The summed E-state index contributed by atoms with van der Waals surface area (Å²) in [4.78, 5) is 11.4. The lowest BCUT2D eigenvalue weighted by atomic mass is 10.1. The third-order valence-corrected chi connectivity index (χ3v) is 4.15. The molecule has 3 aromatic rings. The predicted octanol–water partition coefficient (Wildman–Crippen LogP) is 3.15. The van der Waals surface area contributed by atoms with Gasteiger partial charge in [0.1, 0.15) is 10.7 Å². The van der Waals surface area contributed by atoms with E-state index in [0.717, 1.165) is 23.2 Å². The average molecular weight is 330 g/mol. The van der Waals surface area contributed by atoms with Gasteiger partial charge in [0.15, 0.2) is 0 Å². The van der Waals surface area contributed by atoms with Crippen molar-refractivity contribution in [2.24, 2.45) is 5.10 Å². The molecule has 3 rings (SSSR count). The van der Waals surface area contributed by atoms with Crippen molar-refractivity contribution in [1.82, 2.24) is 14.8 Å². The van der Waals surface area contributed by atoms with Gasteiger partial charge in [0.05, 0.1) is 12.4 Å². The van der Waals surface area contributed by atoms with Gasteiger partial charge in [0, 0.05) is 28.7 Å². The molecule has 0 amide bonds. The minimum absolute atomic E-state index is 0.0323. The highest BCUT2D eigenvalue weighted by Crippen LogP contribution is 2.24. The Hall–Kier alpha value is -2.60. The molecule has 0 saturated carbocycles. The molecule has 0 fully saturated rings. The number of H-pyrrole nitrogens is 1. The number of nitrogens with zero attached hydrogens (tertiary/aromatic N) is 3. The molecule has 0 atom stereocenters. The van der Waals surface area contributed by atoms with Gasteiger partial charge in [-0.2, -0.15) is 10.2 Å². The van der Waals surface area contributed by atoms with Crippen molar-refractivity contribution >= 4 is 34.4 Å². The van der Waals surface area contributed by atoms with Crippen LogP contribution in [0.4, 0.5) is 5.69 Å². The second kappa shape index (κ2) is 6.26. The lowest BCUT2D eigenvalue weighted by molar-refractivity contribution is 0.769. The highest BCUT2D eigenvalue weighted by atomic mass is 35.5. The number of aryl methyl sites for hydroxylation is 1. The Kier molecular flexibility index (Phi) is 4.16. The summed E-state index contributed by atoms with van der Waals surface area (Å²) in [5, 5.41) is 11.3. The molecule has 0 aliphatic heterocycles. The van der Waals surface area contributed by atoms with Gasteiger partial charge in [-0.25, -0.2) is 5.10 Å². The van der Waals surface area contributed by atoms with E-state index in [4.69, 9.17) is 11.6 Å². The van der Waals surface area contributed by atoms with E-state index in [-0.39, 0.29) is 5.02 Å². The number of benzene rings is 1. The van der Waals surface area contributed by atoms with E-state index >= 15 is 0 Å². The number of anilines is 1. The Morgan fingerprint density at radius 3 is 3.00 bits per heavy atom. The van der Waals surface area contributed by atoms with E-state index in [9.17, 15) is 4.79 Å². The van der Waals surface area contributed by atoms with Gasteiger partial charge < -0.3 is 4.57 Å². The quantitative estimate of drug-likeness (QED) is 0.570. The fourth-order valence-electron chi connectivity index (χ4n) is 2.66. The largest absolute Gasteiger partial charge is 0.344 e. The van der Waals surface area contributed by atoms with Crippen LogP contribution in [0.5, 0.6) is 0 Å². The van der Waals surface area contributed by atoms with Crippen molar-refractivity contribution in [1.29, 1.82) is 0 Å². The Labute approximate surface area is 137 Å². The molecule has 0 bridgehead atoms. The van der Waals surface area contributed by atoms with Crippen LogP contribution in [0.2, 0.25) is 5.02 Å². The maximum Gasteiger partial charge on any atom is 0.285 e. The van der Waals surface area contributed by atoms with Crippen molar-refractivity contribution in [3.05, 3.63) is 57.1 Å². The van der Waals surface area contributed by atoms with Crippen LogP contribution in [0.3, 0.4) is 0 Å². The van der Waals surface area contributed by atoms with Gasteiger partial charge in [-0.3, -0.25) is 10.2 Å². The number of hydrogen-bond acceptors (Lipinski definition) is 4.